The molecule has 2 aromatic rings. The first kappa shape index (κ1) is 17.3. The van der Waals surface area contributed by atoms with Crippen molar-refractivity contribution in [1.82, 2.24) is 19.5 Å². The highest BCUT2D eigenvalue weighted by Crippen LogP contribution is 2.39. The smallest absolute Gasteiger partial charge is 0.159 e. The van der Waals surface area contributed by atoms with Crippen molar-refractivity contribution in [2.24, 2.45) is 5.41 Å². The van der Waals surface area contributed by atoms with Gasteiger partial charge in [0.15, 0.2) is 5.65 Å². The minimum absolute atomic E-state index is 0.233. The normalized spacial score (nSPS) is 24.6. The molecule has 0 bridgehead atoms. The Morgan fingerprint density at radius 1 is 1.33 bits per heavy atom. The van der Waals surface area contributed by atoms with Crippen molar-refractivity contribution in [3.05, 3.63) is 29.2 Å². The van der Waals surface area contributed by atoms with E-state index in [4.69, 9.17) is 4.74 Å². The maximum Gasteiger partial charge on any atom is 0.159 e. The summed E-state index contributed by atoms with van der Waals surface area (Å²) in [6, 6.07) is 2.04. The summed E-state index contributed by atoms with van der Waals surface area (Å²) in [5, 5.41) is 15.4. The van der Waals surface area contributed by atoms with Crippen molar-refractivity contribution in [2.75, 3.05) is 26.8 Å². The number of rotatable bonds is 4. The maximum atomic E-state index is 10.9. The van der Waals surface area contributed by atoms with Crippen LogP contribution in [0.5, 0.6) is 0 Å². The molecule has 0 unspecified atom stereocenters. The molecule has 1 fully saturated rings. The van der Waals surface area contributed by atoms with E-state index in [0.717, 1.165) is 42.2 Å². The summed E-state index contributed by atoms with van der Waals surface area (Å²) in [6.45, 7) is 11.1. The lowest BCUT2D eigenvalue weighted by Crippen LogP contribution is -2.59. The zero-order valence-electron chi connectivity index (χ0n) is 15.3. The number of aryl methyl sites for hydroxylation is 2. The Morgan fingerprint density at radius 2 is 2.08 bits per heavy atom. The molecule has 1 aliphatic heterocycles. The van der Waals surface area contributed by atoms with E-state index in [1.165, 1.54) is 0 Å². The fourth-order valence-electron chi connectivity index (χ4n) is 3.78. The molecule has 3 rings (SSSR count). The van der Waals surface area contributed by atoms with Crippen molar-refractivity contribution >= 4 is 5.65 Å². The lowest BCUT2D eigenvalue weighted by atomic mass is 9.70. The van der Waals surface area contributed by atoms with Gasteiger partial charge in [0.1, 0.15) is 0 Å². The van der Waals surface area contributed by atoms with Gasteiger partial charge in [-0.25, -0.2) is 9.50 Å². The summed E-state index contributed by atoms with van der Waals surface area (Å²) in [5.74, 6) is 0. The van der Waals surface area contributed by atoms with Crippen LogP contribution in [-0.2, 0) is 11.3 Å². The van der Waals surface area contributed by atoms with Gasteiger partial charge in [0.25, 0.3) is 0 Å². The number of aliphatic hydroxyl groups is 1. The van der Waals surface area contributed by atoms with Crippen molar-refractivity contribution in [1.29, 1.82) is 0 Å². The van der Waals surface area contributed by atoms with Crippen molar-refractivity contribution in [3.8, 4) is 0 Å². The van der Waals surface area contributed by atoms with Crippen LogP contribution < -0.4 is 0 Å². The third-order valence-corrected chi connectivity index (χ3v) is 5.35. The predicted octanol–water partition coefficient (Wildman–Crippen LogP) is 1.96. The van der Waals surface area contributed by atoms with Crippen molar-refractivity contribution in [2.45, 2.75) is 46.3 Å². The van der Waals surface area contributed by atoms with E-state index in [1.54, 1.807) is 7.11 Å². The molecule has 6 heteroatoms. The molecule has 0 radical (unpaired) electrons. The molecule has 6 nitrogen and oxygen atoms in total. The van der Waals surface area contributed by atoms with E-state index < -0.39 is 5.60 Å². The van der Waals surface area contributed by atoms with Crippen LogP contribution in [0.25, 0.3) is 5.65 Å². The standard InChI is InChI=1S/C18H28N4O2/c1-13-8-14(2)22-16(20-13)15(9-19-22)10-21-7-6-18(23,12-24-5)17(3,4)11-21/h8-9,23H,6-7,10-12H2,1-5H3/t18-/m1/s1. The second kappa shape index (κ2) is 6.10. The van der Waals surface area contributed by atoms with E-state index >= 15 is 0 Å². The highest BCUT2D eigenvalue weighted by molar-refractivity contribution is 5.47. The van der Waals surface area contributed by atoms with Gasteiger partial charge in [-0.3, -0.25) is 4.90 Å². The number of ether oxygens (including phenoxy) is 1. The SMILES string of the molecule is COC[C@]1(O)CCN(Cc2cnn3c(C)cc(C)nc23)CC1(C)C. The average Bonchev–Trinajstić information content (AvgIpc) is 2.87. The molecule has 3 heterocycles. The predicted molar refractivity (Wildman–Crippen MR) is 93.0 cm³/mol. The first-order valence-corrected chi connectivity index (χ1v) is 8.50. The molecule has 0 amide bonds. The molecule has 2 aromatic heterocycles. The van der Waals surface area contributed by atoms with Crippen molar-refractivity contribution < 1.29 is 9.84 Å². The van der Waals surface area contributed by atoms with E-state index in [2.05, 4.69) is 28.8 Å². The summed E-state index contributed by atoms with van der Waals surface area (Å²) in [7, 11) is 1.65. The van der Waals surface area contributed by atoms with Crippen LogP contribution in [0, 0.1) is 19.3 Å². The molecule has 1 saturated heterocycles. The molecular weight excluding hydrogens is 304 g/mol. The summed E-state index contributed by atoms with van der Waals surface area (Å²) in [4.78, 5) is 7.04. The van der Waals surface area contributed by atoms with E-state index in [-0.39, 0.29) is 5.41 Å². The van der Waals surface area contributed by atoms with Gasteiger partial charge in [0, 0.05) is 49.1 Å². The highest BCUT2D eigenvalue weighted by atomic mass is 16.5. The second-order valence-electron chi connectivity index (χ2n) is 7.75. The maximum absolute atomic E-state index is 10.9. The molecule has 0 saturated carbocycles. The number of hydrogen-bond acceptors (Lipinski definition) is 5. The first-order chi connectivity index (χ1) is 11.3. The third kappa shape index (κ3) is 2.94. The van der Waals surface area contributed by atoms with E-state index in [0.29, 0.717) is 13.0 Å². The fourth-order valence-corrected chi connectivity index (χ4v) is 3.78. The van der Waals surface area contributed by atoms with Crippen LogP contribution in [0.4, 0.5) is 0 Å². The zero-order chi connectivity index (χ0) is 17.5. The summed E-state index contributed by atoms with van der Waals surface area (Å²) < 4.78 is 7.15. The summed E-state index contributed by atoms with van der Waals surface area (Å²) >= 11 is 0. The number of aromatic nitrogens is 3. The van der Waals surface area contributed by atoms with Gasteiger partial charge in [-0.15, -0.1) is 0 Å². The van der Waals surface area contributed by atoms with Gasteiger partial charge in [-0.2, -0.15) is 5.10 Å². The Kier molecular flexibility index (Phi) is 4.40. The van der Waals surface area contributed by atoms with Gasteiger partial charge in [-0.1, -0.05) is 13.8 Å². The molecule has 132 valence electrons. The van der Waals surface area contributed by atoms with Crippen molar-refractivity contribution in [3.63, 3.8) is 0 Å². The molecular formula is C18H28N4O2. The van der Waals surface area contributed by atoms with Gasteiger partial charge >= 0.3 is 0 Å². The van der Waals surface area contributed by atoms with Crippen LogP contribution >= 0.6 is 0 Å². The lowest BCUT2D eigenvalue weighted by Gasteiger charge is -2.50. The highest BCUT2D eigenvalue weighted by Gasteiger charge is 2.47. The second-order valence-corrected chi connectivity index (χ2v) is 7.75. The van der Waals surface area contributed by atoms with E-state index in [1.807, 2.05) is 30.6 Å². The fraction of sp³-hybridized carbons (Fsp3) is 0.667. The Morgan fingerprint density at radius 3 is 2.75 bits per heavy atom. The molecule has 0 spiro atoms. The third-order valence-electron chi connectivity index (χ3n) is 5.35. The van der Waals surface area contributed by atoms with Crippen LogP contribution in [-0.4, -0.2) is 57.0 Å². The van der Waals surface area contributed by atoms with Gasteiger partial charge < -0.3 is 9.84 Å². The number of hydrogen-bond donors (Lipinski definition) is 1. The Bertz CT molecular complexity index is 740. The Hall–Kier alpha value is -1.50. The Labute approximate surface area is 143 Å². The van der Waals surface area contributed by atoms with Gasteiger partial charge in [-0.05, 0) is 26.3 Å². The van der Waals surface area contributed by atoms with E-state index in [9.17, 15) is 5.11 Å². The summed E-state index contributed by atoms with van der Waals surface area (Å²) in [5.41, 5.74) is 3.17. The number of likely N-dealkylation sites (tertiary alicyclic amines) is 1. The van der Waals surface area contributed by atoms with Gasteiger partial charge in [0.2, 0.25) is 0 Å². The molecule has 1 aliphatic rings. The monoisotopic (exact) mass is 332 g/mol. The van der Waals surface area contributed by atoms with Gasteiger partial charge in [0.05, 0.1) is 18.4 Å². The van der Waals surface area contributed by atoms with Crippen LogP contribution in [0.3, 0.4) is 0 Å². The molecule has 1 atom stereocenters. The molecule has 1 N–H and O–H groups in total. The minimum Gasteiger partial charge on any atom is -0.387 e. The zero-order valence-corrected chi connectivity index (χ0v) is 15.3. The van der Waals surface area contributed by atoms with Crippen LogP contribution in [0.1, 0.15) is 37.2 Å². The number of piperidine rings is 1. The number of nitrogens with zero attached hydrogens (tertiary/aromatic N) is 4. The molecule has 24 heavy (non-hydrogen) atoms. The minimum atomic E-state index is -0.773. The van der Waals surface area contributed by atoms with Crippen LogP contribution in [0.15, 0.2) is 12.3 Å². The largest absolute Gasteiger partial charge is 0.387 e. The number of methoxy groups -OCH3 is 1. The quantitative estimate of drug-likeness (QED) is 0.927. The topological polar surface area (TPSA) is 62.9 Å². The lowest BCUT2D eigenvalue weighted by molar-refractivity contribution is -0.151. The summed E-state index contributed by atoms with van der Waals surface area (Å²) in [6.07, 6.45) is 2.62. The molecule has 0 aliphatic carbocycles. The first-order valence-electron chi connectivity index (χ1n) is 8.50. The average molecular weight is 332 g/mol. The number of fused-ring (bicyclic) bond motifs is 1. The Balaban J connectivity index is 1.81. The van der Waals surface area contributed by atoms with Crippen LogP contribution in [0.2, 0.25) is 0 Å². The molecule has 0 aromatic carbocycles.